The summed E-state index contributed by atoms with van der Waals surface area (Å²) in [4.78, 5) is 35.3. The normalized spacial score (nSPS) is 10.2. The van der Waals surface area contributed by atoms with Gasteiger partial charge in [0.2, 0.25) is 11.8 Å². The van der Waals surface area contributed by atoms with E-state index in [4.69, 9.17) is 10.5 Å². The number of anilines is 1. The number of nitrogens with one attached hydrogen (secondary N) is 1. The molecule has 0 aliphatic rings. The third-order valence-corrected chi connectivity index (χ3v) is 3.66. The standard InChI is InChI=1S/C20H22N2O4/c1-2-12-26-17-8-6-14(7-9-17)18(23)10-11-19(24)22-16-5-3-4-15(13-16)20(21)25/h3-9,13H,2,10-12H2,1H3,(H2,21,25)(H,22,24). The predicted molar refractivity (Wildman–Crippen MR) is 99.4 cm³/mol. The Morgan fingerprint density at radius 3 is 2.38 bits per heavy atom. The molecule has 0 bridgehead atoms. The van der Waals surface area contributed by atoms with Crippen LogP contribution in [-0.2, 0) is 4.79 Å². The minimum absolute atomic E-state index is 0.0493. The molecule has 0 atom stereocenters. The number of benzene rings is 2. The number of rotatable bonds is 9. The van der Waals surface area contributed by atoms with Gasteiger partial charge in [0.05, 0.1) is 6.61 Å². The summed E-state index contributed by atoms with van der Waals surface area (Å²) in [5.41, 5.74) is 6.53. The molecule has 0 aliphatic heterocycles. The maximum Gasteiger partial charge on any atom is 0.248 e. The Kier molecular flexibility index (Phi) is 6.91. The number of hydrogen-bond acceptors (Lipinski definition) is 4. The van der Waals surface area contributed by atoms with Gasteiger partial charge in [0.1, 0.15) is 5.75 Å². The number of nitrogens with two attached hydrogens (primary N) is 1. The number of primary amides is 1. The SMILES string of the molecule is CCCOc1ccc(C(=O)CCC(=O)Nc2cccc(C(N)=O)c2)cc1. The molecule has 3 N–H and O–H groups in total. The van der Waals surface area contributed by atoms with Crippen molar-refractivity contribution in [1.82, 2.24) is 0 Å². The molecule has 6 heteroatoms. The topological polar surface area (TPSA) is 98.5 Å². The fraction of sp³-hybridized carbons (Fsp3) is 0.250. The number of carbonyl (C=O) groups excluding carboxylic acids is 3. The molecule has 0 spiro atoms. The van der Waals surface area contributed by atoms with Crippen LogP contribution in [0.5, 0.6) is 5.75 Å². The van der Waals surface area contributed by atoms with E-state index in [2.05, 4.69) is 5.32 Å². The first-order chi connectivity index (χ1) is 12.5. The van der Waals surface area contributed by atoms with E-state index in [1.54, 1.807) is 42.5 Å². The van der Waals surface area contributed by atoms with Crippen LogP contribution in [0.25, 0.3) is 0 Å². The van der Waals surface area contributed by atoms with E-state index in [9.17, 15) is 14.4 Å². The van der Waals surface area contributed by atoms with E-state index >= 15 is 0 Å². The highest BCUT2D eigenvalue weighted by molar-refractivity contribution is 6.00. The van der Waals surface area contributed by atoms with Crippen LogP contribution in [0.4, 0.5) is 5.69 Å². The molecular formula is C20H22N2O4. The summed E-state index contributed by atoms with van der Waals surface area (Å²) in [5, 5.41) is 2.66. The third-order valence-electron chi connectivity index (χ3n) is 3.66. The van der Waals surface area contributed by atoms with Crippen LogP contribution >= 0.6 is 0 Å². The monoisotopic (exact) mass is 354 g/mol. The molecule has 2 aromatic carbocycles. The van der Waals surface area contributed by atoms with Crippen molar-refractivity contribution in [3.05, 3.63) is 59.7 Å². The third kappa shape index (κ3) is 5.73. The zero-order valence-corrected chi connectivity index (χ0v) is 14.7. The van der Waals surface area contributed by atoms with Crippen LogP contribution in [-0.4, -0.2) is 24.2 Å². The van der Waals surface area contributed by atoms with Gasteiger partial charge in [0.15, 0.2) is 5.78 Å². The van der Waals surface area contributed by atoms with Gasteiger partial charge in [-0.15, -0.1) is 0 Å². The minimum Gasteiger partial charge on any atom is -0.494 e. The Hall–Kier alpha value is -3.15. The van der Waals surface area contributed by atoms with E-state index in [1.807, 2.05) is 6.92 Å². The first-order valence-corrected chi connectivity index (χ1v) is 8.45. The molecule has 0 fully saturated rings. The second kappa shape index (κ2) is 9.36. The summed E-state index contributed by atoms with van der Waals surface area (Å²) in [6.45, 7) is 2.65. The van der Waals surface area contributed by atoms with Crippen molar-refractivity contribution in [3.8, 4) is 5.75 Å². The lowest BCUT2D eigenvalue weighted by molar-refractivity contribution is -0.116. The average Bonchev–Trinajstić information content (AvgIpc) is 2.65. The molecule has 2 amide bonds. The highest BCUT2D eigenvalue weighted by Crippen LogP contribution is 2.15. The van der Waals surface area contributed by atoms with Gasteiger partial charge in [-0.3, -0.25) is 14.4 Å². The molecule has 0 aliphatic carbocycles. The second-order valence-corrected chi connectivity index (χ2v) is 5.79. The van der Waals surface area contributed by atoms with Crippen molar-refractivity contribution in [2.45, 2.75) is 26.2 Å². The largest absolute Gasteiger partial charge is 0.494 e. The first kappa shape index (κ1) is 19.2. The molecule has 0 unspecified atom stereocenters. The number of ether oxygens (including phenoxy) is 1. The Morgan fingerprint density at radius 1 is 1.00 bits per heavy atom. The molecule has 0 saturated heterocycles. The van der Waals surface area contributed by atoms with Crippen LogP contribution < -0.4 is 15.8 Å². The fourth-order valence-corrected chi connectivity index (χ4v) is 2.30. The number of amides is 2. The Labute approximate surface area is 152 Å². The molecule has 2 rings (SSSR count). The average molecular weight is 354 g/mol. The van der Waals surface area contributed by atoms with Crippen LogP contribution in [0, 0.1) is 0 Å². The summed E-state index contributed by atoms with van der Waals surface area (Å²) in [6.07, 6.45) is 1.06. The van der Waals surface area contributed by atoms with Gasteiger partial charge in [-0.25, -0.2) is 0 Å². The number of hydrogen-bond donors (Lipinski definition) is 2. The summed E-state index contributed by atoms with van der Waals surface area (Å²) >= 11 is 0. The lowest BCUT2D eigenvalue weighted by atomic mass is 10.1. The molecular weight excluding hydrogens is 332 g/mol. The van der Waals surface area contributed by atoms with Crippen molar-refractivity contribution < 1.29 is 19.1 Å². The van der Waals surface area contributed by atoms with Crippen molar-refractivity contribution in [2.75, 3.05) is 11.9 Å². The lowest BCUT2D eigenvalue weighted by Gasteiger charge is -2.07. The van der Waals surface area contributed by atoms with Crippen LogP contribution in [0.3, 0.4) is 0 Å². The zero-order valence-electron chi connectivity index (χ0n) is 14.7. The maximum absolute atomic E-state index is 12.2. The van der Waals surface area contributed by atoms with Gasteiger partial charge in [-0.05, 0) is 48.9 Å². The number of Topliss-reactive ketones (excluding diaryl/α,β-unsaturated/α-hetero) is 1. The summed E-state index contributed by atoms with van der Waals surface area (Å²) in [6, 6.07) is 13.2. The van der Waals surface area contributed by atoms with Crippen molar-refractivity contribution in [3.63, 3.8) is 0 Å². The number of ketones is 1. The summed E-state index contributed by atoms with van der Waals surface area (Å²) < 4.78 is 5.47. The van der Waals surface area contributed by atoms with E-state index in [0.29, 0.717) is 23.4 Å². The molecule has 0 radical (unpaired) electrons. The van der Waals surface area contributed by atoms with Gasteiger partial charge in [-0.1, -0.05) is 13.0 Å². The van der Waals surface area contributed by atoms with E-state index < -0.39 is 5.91 Å². The molecule has 136 valence electrons. The van der Waals surface area contributed by atoms with Gasteiger partial charge in [-0.2, -0.15) is 0 Å². The zero-order chi connectivity index (χ0) is 18.9. The Balaban J connectivity index is 1.85. The van der Waals surface area contributed by atoms with Gasteiger partial charge < -0.3 is 15.8 Å². The van der Waals surface area contributed by atoms with E-state index in [-0.39, 0.29) is 24.5 Å². The minimum atomic E-state index is -0.567. The smallest absolute Gasteiger partial charge is 0.248 e. The molecule has 0 aromatic heterocycles. The lowest BCUT2D eigenvalue weighted by Crippen LogP contribution is -2.15. The Bertz CT molecular complexity index is 785. The molecule has 26 heavy (non-hydrogen) atoms. The van der Waals surface area contributed by atoms with Crippen molar-refractivity contribution in [1.29, 1.82) is 0 Å². The van der Waals surface area contributed by atoms with E-state index in [0.717, 1.165) is 12.2 Å². The second-order valence-electron chi connectivity index (χ2n) is 5.79. The molecule has 0 heterocycles. The fourth-order valence-electron chi connectivity index (χ4n) is 2.30. The van der Waals surface area contributed by atoms with Crippen molar-refractivity contribution >= 4 is 23.3 Å². The summed E-state index contributed by atoms with van der Waals surface area (Å²) in [5.74, 6) is -0.269. The summed E-state index contributed by atoms with van der Waals surface area (Å²) in [7, 11) is 0. The predicted octanol–water partition coefficient (Wildman–Crippen LogP) is 3.18. The number of carbonyl (C=O) groups is 3. The van der Waals surface area contributed by atoms with Crippen LogP contribution in [0.1, 0.15) is 46.9 Å². The highest BCUT2D eigenvalue weighted by Gasteiger charge is 2.10. The first-order valence-electron chi connectivity index (χ1n) is 8.45. The Morgan fingerprint density at radius 2 is 1.73 bits per heavy atom. The van der Waals surface area contributed by atoms with Crippen LogP contribution in [0.2, 0.25) is 0 Å². The quantitative estimate of drug-likeness (QED) is 0.676. The van der Waals surface area contributed by atoms with Crippen LogP contribution in [0.15, 0.2) is 48.5 Å². The molecule has 2 aromatic rings. The van der Waals surface area contributed by atoms with Gasteiger partial charge >= 0.3 is 0 Å². The van der Waals surface area contributed by atoms with Gasteiger partial charge in [0, 0.05) is 29.7 Å². The highest BCUT2D eigenvalue weighted by atomic mass is 16.5. The van der Waals surface area contributed by atoms with E-state index in [1.165, 1.54) is 6.07 Å². The van der Waals surface area contributed by atoms with Crippen molar-refractivity contribution in [2.24, 2.45) is 5.73 Å². The molecule has 0 saturated carbocycles. The maximum atomic E-state index is 12.2. The van der Waals surface area contributed by atoms with Gasteiger partial charge in [0.25, 0.3) is 0 Å². The molecule has 6 nitrogen and oxygen atoms in total.